The van der Waals surface area contributed by atoms with E-state index in [1.807, 2.05) is 188 Å². The van der Waals surface area contributed by atoms with Crippen LogP contribution >= 0.6 is 15.9 Å². The van der Waals surface area contributed by atoms with Crippen LogP contribution in [-0.4, -0.2) is 136 Å². The molecule has 6 aromatic heterocycles. The summed E-state index contributed by atoms with van der Waals surface area (Å²) >= 11 is 3.29. The number of carbonyl (C=O) groups excluding carboxylic acids is 4. The lowest BCUT2D eigenvalue weighted by Crippen LogP contribution is -2.41. The Kier molecular flexibility index (Phi) is 27.9. The third-order valence-electron chi connectivity index (χ3n) is 20.4. The number of fused-ring (bicyclic) bond motifs is 3. The fourth-order valence-corrected chi connectivity index (χ4v) is 14.0. The molecule has 4 unspecified atom stereocenters. The molecule has 5 N–H and O–H groups in total. The van der Waals surface area contributed by atoms with Crippen LogP contribution in [0.1, 0.15) is 167 Å². The number of pyridine rings is 3. The highest BCUT2D eigenvalue weighted by Crippen LogP contribution is 2.38. The van der Waals surface area contributed by atoms with E-state index in [0.29, 0.717) is 70.0 Å². The number of amides is 2. The molecule has 6 aromatic carbocycles. The van der Waals surface area contributed by atoms with E-state index in [1.54, 1.807) is 82.6 Å². The number of rotatable bonds is 17. The zero-order valence-electron chi connectivity index (χ0n) is 65.9. The Hall–Kier alpha value is -11.0. The van der Waals surface area contributed by atoms with Crippen molar-refractivity contribution in [2.45, 2.75) is 168 Å². The molecule has 7 heterocycles. The van der Waals surface area contributed by atoms with Crippen molar-refractivity contribution in [3.05, 3.63) is 239 Å². The predicted molar refractivity (Wildman–Crippen MR) is 442 cm³/mol. The number of benzene rings is 6. The zero-order valence-corrected chi connectivity index (χ0v) is 67.4. The average Bonchev–Trinajstić information content (AvgIpc) is 1.64. The molecule has 2 amide bonds. The largest absolute Gasteiger partial charge is 0.496 e. The summed E-state index contributed by atoms with van der Waals surface area (Å²) < 4.78 is 37.1. The highest BCUT2D eigenvalue weighted by molar-refractivity contribution is 9.10. The minimum Gasteiger partial charge on any atom is -0.496 e. The number of nitrogens with one attached hydrogen (secondary N) is 3. The second-order valence-corrected chi connectivity index (χ2v) is 31.0. The van der Waals surface area contributed by atoms with Gasteiger partial charge in [-0.2, -0.15) is 20.0 Å². The standard InChI is InChI=1S/C27H28N4O3.C22H27BO4.C21H18N4O2.C11H12BrN3O2.C7H14O/c1-34-25-8-3-2-7-22(25)27(33)29-16-18-9-11-19(12-10-18)26-23-17-28-14-13-24(23)31(30-26)20-5-4-6-21(32)15-20;1-21(2)22(3,4)27-23(26-21)17-13-10-16(11-14-17)12-15-19(24)18-8-6-7-9-20(18)25-5;1-27-19-5-3-2-4-16(19)21(26)23-12-14-6-8-15(9-7-14)20-17-13-22-11-10-18(17)24-25-20;1-11(2,3)17-10(16)15-8-4-5-13-6-7(8)9(12)14-15;1-6-3-2-4-7(8)5-6/h2-3,7-14,17,20-21,32H,4-6,15-16H2,1H3,(H,29,33);6-11,13-14H,12,15H2,1-5H3;2-11,13H,12H2,1H3,(H,23,26)(H,24,25);4-6H,1-3H3;6-8H,2-5H2,1H3. The quantitative estimate of drug-likeness (QED) is 0.0418. The van der Waals surface area contributed by atoms with E-state index in [9.17, 15) is 24.3 Å². The smallest absolute Gasteiger partial charge is 0.494 e. The summed E-state index contributed by atoms with van der Waals surface area (Å²) in [5, 5.41) is 44.3. The summed E-state index contributed by atoms with van der Waals surface area (Å²) in [7, 11) is 4.33. The Morgan fingerprint density at radius 3 is 1.59 bits per heavy atom. The maximum Gasteiger partial charge on any atom is 0.494 e. The SMILES string of the molecule is CC(C)(C)OC(=O)n1nc(Br)c2cnccc21.CC1CCCC(O)C1.COc1ccccc1C(=O)CCc1ccc(B2OC(C)(C)C(C)(C)O2)cc1.COc1ccccc1C(=O)NCc1ccc(-c2n[nH]c3ccncc23)cc1.COc1ccccc1C(=O)NCc1ccc(-c2nn(C3CCCC(O)C3)c3ccncc23)cc1. The molecule has 1 aliphatic heterocycles. The molecule has 0 spiro atoms. The molecule has 113 heavy (non-hydrogen) atoms. The van der Waals surface area contributed by atoms with Gasteiger partial charge in [-0.3, -0.25) is 39.1 Å². The number of hydrogen-bond acceptors (Lipinski definition) is 18. The predicted octanol–water partition coefficient (Wildman–Crippen LogP) is 16.4. The van der Waals surface area contributed by atoms with Gasteiger partial charge in [0.25, 0.3) is 11.8 Å². The highest BCUT2D eigenvalue weighted by Gasteiger charge is 2.51. The first kappa shape index (κ1) is 83.0. The Morgan fingerprint density at radius 1 is 0.575 bits per heavy atom. The third-order valence-corrected chi connectivity index (χ3v) is 21.0. The first-order valence-corrected chi connectivity index (χ1v) is 38.9. The Balaban J connectivity index is 0.000000147. The number of hydrogen-bond donors (Lipinski definition) is 5. The monoisotopic (exact) mass is 1590 g/mol. The van der Waals surface area contributed by atoms with Gasteiger partial charge in [-0.25, -0.2) is 4.79 Å². The second-order valence-electron chi connectivity index (χ2n) is 30.3. The number of methoxy groups -OCH3 is 3. The van der Waals surface area contributed by atoms with Gasteiger partial charge in [-0.1, -0.05) is 129 Å². The summed E-state index contributed by atoms with van der Waals surface area (Å²) in [4.78, 5) is 61.9. The molecule has 12 aromatic rings. The molecule has 0 radical (unpaired) electrons. The summed E-state index contributed by atoms with van der Waals surface area (Å²) in [6.45, 7) is 16.7. The molecule has 2 aliphatic carbocycles. The fraction of sp³-hybridized carbons (Fsp3) is 0.341. The minimum absolute atomic E-state index is 0.0127. The van der Waals surface area contributed by atoms with Crippen molar-refractivity contribution < 1.29 is 57.6 Å². The molecular formula is C88H99BBrN11O12. The van der Waals surface area contributed by atoms with E-state index >= 15 is 0 Å². The van der Waals surface area contributed by atoms with Gasteiger partial charge in [0.05, 0.1) is 89.4 Å². The zero-order chi connectivity index (χ0) is 80.4. The molecule has 1 saturated heterocycles. The van der Waals surface area contributed by atoms with Crippen molar-refractivity contribution >= 4 is 84.9 Å². The van der Waals surface area contributed by atoms with Crippen LogP contribution in [0.3, 0.4) is 0 Å². The molecular weight excluding hydrogens is 1490 g/mol. The molecule has 588 valence electrons. The van der Waals surface area contributed by atoms with Gasteiger partial charge >= 0.3 is 13.2 Å². The van der Waals surface area contributed by atoms with E-state index < -0.39 is 11.7 Å². The molecule has 23 nitrogen and oxygen atoms in total. The molecule has 3 aliphatic rings. The van der Waals surface area contributed by atoms with Gasteiger partial charge in [0.2, 0.25) is 0 Å². The first-order chi connectivity index (χ1) is 54.3. The molecule has 4 atom stereocenters. The van der Waals surface area contributed by atoms with Crippen molar-refractivity contribution in [1.82, 2.24) is 55.3 Å². The molecule has 25 heteroatoms. The summed E-state index contributed by atoms with van der Waals surface area (Å²) in [5.74, 6) is 2.24. The van der Waals surface area contributed by atoms with Gasteiger partial charge in [0, 0.05) is 78.6 Å². The Bertz CT molecular complexity index is 5180. The summed E-state index contributed by atoms with van der Waals surface area (Å²) in [6, 6.07) is 51.6. The number of halogens is 1. The van der Waals surface area contributed by atoms with Crippen LogP contribution in [0.4, 0.5) is 4.79 Å². The highest BCUT2D eigenvalue weighted by atomic mass is 79.9. The van der Waals surface area contributed by atoms with Crippen molar-refractivity contribution in [3.8, 4) is 39.8 Å². The Morgan fingerprint density at radius 2 is 1.06 bits per heavy atom. The maximum absolute atomic E-state index is 12.6. The number of ether oxygens (including phenoxy) is 4. The number of aromatic nitrogens is 9. The first-order valence-electron chi connectivity index (χ1n) is 38.1. The number of ketones is 1. The van der Waals surface area contributed by atoms with E-state index in [-0.39, 0.29) is 54.2 Å². The van der Waals surface area contributed by atoms with Crippen LogP contribution in [0.15, 0.2) is 206 Å². The van der Waals surface area contributed by atoms with Crippen LogP contribution in [0.5, 0.6) is 17.2 Å². The summed E-state index contributed by atoms with van der Waals surface area (Å²) in [5.41, 5.74) is 10.9. The van der Waals surface area contributed by atoms with Crippen LogP contribution in [-0.2, 0) is 33.6 Å². The van der Waals surface area contributed by atoms with Gasteiger partial charge in [0.1, 0.15) is 38.8 Å². The Labute approximate surface area is 667 Å². The van der Waals surface area contributed by atoms with Gasteiger partial charge in [-0.05, 0) is 192 Å². The number of para-hydroxylation sites is 3. The van der Waals surface area contributed by atoms with E-state index in [4.69, 9.17) is 38.5 Å². The number of nitrogens with zero attached hydrogens (tertiary/aromatic N) is 8. The van der Waals surface area contributed by atoms with Gasteiger partial charge in [0.15, 0.2) is 5.78 Å². The number of Topliss-reactive ketones (excluding diaryl/α,β-unsaturated/α-hetero) is 1. The van der Waals surface area contributed by atoms with Crippen LogP contribution < -0.4 is 30.3 Å². The van der Waals surface area contributed by atoms with E-state index in [2.05, 4.69) is 68.4 Å². The lowest BCUT2D eigenvalue weighted by Gasteiger charge is -2.32. The summed E-state index contributed by atoms with van der Waals surface area (Å²) in [6.07, 6.45) is 19.0. The normalized spacial score (nSPS) is 16.8. The van der Waals surface area contributed by atoms with Crippen molar-refractivity contribution in [2.75, 3.05) is 21.3 Å². The second kappa shape index (κ2) is 38.0. The van der Waals surface area contributed by atoms with Crippen LogP contribution in [0.2, 0.25) is 0 Å². The van der Waals surface area contributed by atoms with Gasteiger partial charge < -0.3 is 49.1 Å². The van der Waals surface area contributed by atoms with Crippen LogP contribution in [0.25, 0.3) is 55.2 Å². The maximum atomic E-state index is 12.6. The number of H-pyrrole nitrogens is 1. The van der Waals surface area contributed by atoms with Gasteiger partial charge in [-0.15, -0.1) is 0 Å². The molecule has 0 bridgehead atoms. The molecule has 3 fully saturated rings. The molecule has 15 rings (SSSR count). The average molecular weight is 1590 g/mol. The molecule has 2 saturated carbocycles. The number of aliphatic hydroxyl groups is 2. The van der Waals surface area contributed by atoms with Crippen molar-refractivity contribution in [3.63, 3.8) is 0 Å². The van der Waals surface area contributed by atoms with Crippen molar-refractivity contribution in [2.24, 2.45) is 5.92 Å². The lowest BCUT2D eigenvalue weighted by molar-refractivity contribution is 0.00578. The van der Waals surface area contributed by atoms with Crippen molar-refractivity contribution in [1.29, 1.82) is 0 Å². The fourth-order valence-electron chi connectivity index (χ4n) is 13.6. The number of carbonyl (C=O) groups is 4. The minimum atomic E-state index is -0.547. The lowest BCUT2D eigenvalue weighted by atomic mass is 9.78. The third kappa shape index (κ3) is 21.4. The van der Waals surface area contributed by atoms with Crippen LogP contribution in [0, 0.1) is 5.92 Å². The topological polar surface area (TPSA) is 291 Å². The van der Waals surface area contributed by atoms with E-state index in [1.165, 1.54) is 17.5 Å². The van der Waals surface area contributed by atoms with E-state index in [0.717, 1.165) is 116 Å². The number of aromatic amines is 1. The number of aliphatic hydroxyl groups excluding tert-OH is 2. The number of aryl methyl sites for hydroxylation is 1.